The van der Waals surface area contributed by atoms with Gasteiger partial charge >= 0.3 is 0 Å². The number of nitrogens with one attached hydrogen (secondary N) is 1. The molecule has 1 saturated carbocycles. The van der Waals surface area contributed by atoms with Gasteiger partial charge in [-0.05, 0) is 38.1 Å². The van der Waals surface area contributed by atoms with Crippen molar-refractivity contribution in [3.05, 3.63) is 0 Å². The topological polar surface area (TPSA) is 30.5 Å². The first kappa shape index (κ1) is 14.3. The molecule has 3 nitrogen and oxygen atoms in total. The second-order valence-corrected chi connectivity index (χ2v) is 5.99. The van der Waals surface area contributed by atoms with E-state index in [1.807, 2.05) is 0 Å². The molecule has 1 saturated heterocycles. The molecule has 1 aliphatic heterocycles. The molecule has 4 atom stereocenters. The van der Waals surface area contributed by atoms with E-state index in [4.69, 9.17) is 9.47 Å². The van der Waals surface area contributed by atoms with Crippen molar-refractivity contribution < 1.29 is 9.47 Å². The Bertz CT molecular complexity index is 235. The van der Waals surface area contributed by atoms with Gasteiger partial charge in [-0.25, -0.2) is 0 Å². The molecular formula is C15H29NO2. The quantitative estimate of drug-likeness (QED) is 0.791. The number of likely N-dealkylation sites (N-methyl/N-ethyl adjacent to an activating group) is 1. The summed E-state index contributed by atoms with van der Waals surface area (Å²) in [6, 6.07) is 0. The Hall–Kier alpha value is -0.120. The first-order chi connectivity index (χ1) is 8.78. The summed E-state index contributed by atoms with van der Waals surface area (Å²) in [4.78, 5) is 0. The van der Waals surface area contributed by atoms with Gasteiger partial charge in [0.1, 0.15) is 0 Å². The van der Waals surface area contributed by atoms with Crippen molar-refractivity contribution in [3.8, 4) is 0 Å². The van der Waals surface area contributed by atoms with Crippen LogP contribution >= 0.6 is 0 Å². The molecule has 2 aliphatic rings. The fourth-order valence-corrected chi connectivity index (χ4v) is 3.13. The average molecular weight is 255 g/mol. The van der Waals surface area contributed by atoms with E-state index in [0.717, 1.165) is 25.6 Å². The van der Waals surface area contributed by atoms with Crippen LogP contribution in [0.5, 0.6) is 0 Å². The van der Waals surface area contributed by atoms with Crippen LogP contribution in [0, 0.1) is 5.92 Å². The summed E-state index contributed by atoms with van der Waals surface area (Å²) < 4.78 is 12.0. The summed E-state index contributed by atoms with van der Waals surface area (Å²) in [5.41, 5.74) is 0. The van der Waals surface area contributed by atoms with Gasteiger partial charge in [0.25, 0.3) is 0 Å². The maximum absolute atomic E-state index is 6.04. The molecule has 1 N–H and O–H groups in total. The minimum Gasteiger partial charge on any atom is -0.376 e. The minimum absolute atomic E-state index is 0.339. The van der Waals surface area contributed by atoms with Crippen LogP contribution in [0.3, 0.4) is 0 Å². The molecule has 18 heavy (non-hydrogen) atoms. The molecule has 0 aromatic rings. The lowest BCUT2D eigenvalue weighted by Gasteiger charge is -2.27. The van der Waals surface area contributed by atoms with Gasteiger partial charge in [0.2, 0.25) is 0 Å². The van der Waals surface area contributed by atoms with Crippen LogP contribution in [0.4, 0.5) is 0 Å². The smallest absolute Gasteiger partial charge is 0.0814 e. The van der Waals surface area contributed by atoms with Crippen molar-refractivity contribution in [1.82, 2.24) is 5.32 Å². The summed E-state index contributed by atoms with van der Waals surface area (Å²) in [6.07, 6.45) is 8.79. The Morgan fingerprint density at radius 3 is 2.78 bits per heavy atom. The standard InChI is InChI=1S/C15H29NO2/c1-3-16-10-14-7-8-15(18-14)11-17-13-6-4-5-12(2)9-13/h12-16H,3-11H2,1-2H3. The van der Waals surface area contributed by atoms with E-state index >= 15 is 0 Å². The van der Waals surface area contributed by atoms with E-state index in [1.54, 1.807) is 0 Å². The van der Waals surface area contributed by atoms with E-state index in [1.165, 1.54) is 38.5 Å². The van der Waals surface area contributed by atoms with Crippen molar-refractivity contribution >= 4 is 0 Å². The number of ether oxygens (including phenoxy) is 2. The van der Waals surface area contributed by atoms with Gasteiger partial charge in [0, 0.05) is 6.54 Å². The lowest BCUT2D eigenvalue weighted by atomic mass is 9.89. The van der Waals surface area contributed by atoms with E-state index in [0.29, 0.717) is 18.3 Å². The molecule has 3 heteroatoms. The van der Waals surface area contributed by atoms with E-state index < -0.39 is 0 Å². The van der Waals surface area contributed by atoms with Crippen molar-refractivity contribution in [3.63, 3.8) is 0 Å². The molecule has 1 heterocycles. The van der Waals surface area contributed by atoms with Crippen molar-refractivity contribution in [2.75, 3.05) is 19.7 Å². The SMILES string of the molecule is CCNCC1CCC(COC2CCCC(C)C2)O1. The van der Waals surface area contributed by atoms with Crippen LogP contribution in [0.15, 0.2) is 0 Å². The first-order valence-electron chi connectivity index (χ1n) is 7.75. The molecule has 0 amide bonds. The second-order valence-electron chi connectivity index (χ2n) is 5.99. The normalized spacial score (nSPS) is 37.0. The Morgan fingerprint density at radius 1 is 1.17 bits per heavy atom. The maximum atomic E-state index is 6.04. The summed E-state index contributed by atoms with van der Waals surface area (Å²) in [5, 5.41) is 3.36. The lowest BCUT2D eigenvalue weighted by molar-refractivity contribution is -0.0547. The molecule has 106 valence electrons. The maximum Gasteiger partial charge on any atom is 0.0814 e. The molecule has 0 radical (unpaired) electrons. The third-order valence-electron chi connectivity index (χ3n) is 4.22. The minimum atomic E-state index is 0.339. The predicted molar refractivity (Wildman–Crippen MR) is 73.8 cm³/mol. The van der Waals surface area contributed by atoms with Crippen LogP contribution < -0.4 is 5.32 Å². The third kappa shape index (κ3) is 4.52. The Balaban J connectivity index is 1.59. The van der Waals surface area contributed by atoms with Gasteiger partial charge < -0.3 is 14.8 Å². The molecule has 2 rings (SSSR count). The fourth-order valence-electron chi connectivity index (χ4n) is 3.13. The molecule has 0 aromatic heterocycles. The van der Waals surface area contributed by atoms with E-state index in [-0.39, 0.29) is 0 Å². The van der Waals surface area contributed by atoms with Crippen LogP contribution in [0.1, 0.15) is 52.4 Å². The molecule has 0 bridgehead atoms. The van der Waals surface area contributed by atoms with Crippen molar-refractivity contribution in [2.45, 2.75) is 70.7 Å². The van der Waals surface area contributed by atoms with Gasteiger partial charge in [0.15, 0.2) is 0 Å². The molecule has 0 spiro atoms. The molecule has 1 aliphatic carbocycles. The summed E-state index contributed by atoms with van der Waals surface area (Å²) >= 11 is 0. The number of hydrogen-bond acceptors (Lipinski definition) is 3. The van der Waals surface area contributed by atoms with Gasteiger partial charge in [0.05, 0.1) is 24.9 Å². The van der Waals surface area contributed by atoms with Gasteiger partial charge in [-0.1, -0.05) is 26.7 Å². The van der Waals surface area contributed by atoms with Crippen molar-refractivity contribution in [1.29, 1.82) is 0 Å². The highest BCUT2D eigenvalue weighted by Gasteiger charge is 2.27. The monoisotopic (exact) mass is 255 g/mol. The number of hydrogen-bond donors (Lipinski definition) is 1. The third-order valence-corrected chi connectivity index (χ3v) is 4.22. The largest absolute Gasteiger partial charge is 0.376 e. The van der Waals surface area contributed by atoms with E-state index in [9.17, 15) is 0 Å². The zero-order chi connectivity index (χ0) is 12.8. The average Bonchev–Trinajstić information content (AvgIpc) is 2.82. The molecule has 2 fully saturated rings. The first-order valence-corrected chi connectivity index (χ1v) is 7.75. The van der Waals surface area contributed by atoms with Crippen LogP contribution in [-0.2, 0) is 9.47 Å². The summed E-state index contributed by atoms with van der Waals surface area (Å²) in [7, 11) is 0. The van der Waals surface area contributed by atoms with Gasteiger partial charge in [-0.3, -0.25) is 0 Å². The second kappa shape index (κ2) is 7.46. The Kier molecular flexibility index (Phi) is 5.93. The molecule has 0 aromatic carbocycles. The predicted octanol–water partition coefficient (Wildman–Crippen LogP) is 2.74. The van der Waals surface area contributed by atoms with Gasteiger partial charge in [-0.2, -0.15) is 0 Å². The lowest BCUT2D eigenvalue weighted by Crippen LogP contribution is -2.29. The summed E-state index contributed by atoms with van der Waals surface area (Å²) in [6.45, 7) is 7.31. The zero-order valence-corrected chi connectivity index (χ0v) is 12.0. The summed E-state index contributed by atoms with van der Waals surface area (Å²) in [5.74, 6) is 0.842. The van der Waals surface area contributed by atoms with E-state index in [2.05, 4.69) is 19.2 Å². The Labute approximate surface area is 112 Å². The highest BCUT2D eigenvalue weighted by Crippen LogP contribution is 2.27. The Morgan fingerprint density at radius 2 is 2.00 bits per heavy atom. The molecule has 4 unspecified atom stereocenters. The zero-order valence-electron chi connectivity index (χ0n) is 12.0. The molecular weight excluding hydrogens is 226 g/mol. The van der Waals surface area contributed by atoms with Gasteiger partial charge in [-0.15, -0.1) is 0 Å². The highest BCUT2D eigenvalue weighted by atomic mass is 16.5. The van der Waals surface area contributed by atoms with Crippen LogP contribution in [0.25, 0.3) is 0 Å². The number of rotatable bonds is 6. The highest BCUT2D eigenvalue weighted by molar-refractivity contribution is 4.76. The van der Waals surface area contributed by atoms with Crippen LogP contribution in [-0.4, -0.2) is 38.0 Å². The van der Waals surface area contributed by atoms with Crippen molar-refractivity contribution in [2.24, 2.45) is 5.92 Å². The fraction of sp³-hybridized carbons (Fsp3) is 1.00. The van der Waals surface area contributed by atoms with Crippen LogP contribution in [0.2, 0.25) is 0 Å².